The predicted molar refractivity (Wildman–Crippen MR) is 82.2 cm³/mol. The largest absolute Gasteiger partial charge is 0.494 e. The highest BCUT2D eigenvalue weighted by molar-refractivity contribution is 9.10. The Labute approximate surface area is 122 Å². The smallest absolute Gasteiger partial charge is 0.119 e. The maximum atomic E-state index is 6.13. The summed E-state index contributed by atoms with van der Waals surface area (Å²) in [5, 5.41) is 0. The molecule has 2 N–H and O–H groups in total. The van der Waals surface area contributed by atoms with Crippen LogP contribution in [0.3, 0.4) is 0 Å². The van der Waals surface area contributed by atoms with Gasteiger partial charge in [-0.25, -0.2) is 0 Å². The first-order chi connectivity index (χ1) is 9.25. The standard InChI is InChI=1S/C16H18BrNO/c17-14-8-10-15(11-9-14)19-12-4-7-16(18)13-5-2-1-3-6-13/h1-3,5-6,8-11,16H,4,7,12,18H2. The van der Waals surface area contributed by atoms with Crippen LogP contribution >= 0.6 is 15.9 Å². The first kappa shape index (κ1) is 14.1. The van der Waals surface area contributed by atoms with Crippen LogP contribution in [0.4, 0.5) is 0 Å². The van der Waals surface area contributed by atoms with Gasteiger partial charge in [0, 0.05) is 10.5 Å². The van der Waals surface area contributed by atoms with E-state index in [-0.39, 0.29) is 6.04 Å². The Balaban J connectivity index is 1.71. The molecular formula is C16H18BrNO. The van der Waals surface area contributed by atoms with E-state index in [1.165, 1.54) is 5.56 Å². The van der Waals surface area contributed by atoms with Gasteiger partial charge in [0.1, 0.15) is 5.75 Å². The van der Waals surface area contributed by atoms with E-state index in [1.807, 2.05) is 42.5 Å². The topological polar surface area (TPSA) is 35.2 Å². The fraction of sp³-hybridized carbons (Fsp3) is 0.250. The average Bonchev–Trinajstić information content (AvgIpc) is 2.46. The molecule has 2 aromatic carbocycles. The van der Waals surface area contributed by atoms with Crippen molar-refractivity contribution in [1.29, 1.82) is 0 Å². The maximum Gasteiger partial charge on any atom is 0.119 e. The second-order valence-corrected chi connectivity index (χ2v) is 5.38. The molecule has 0 heterocycles. The minimum Gasteiger partial charge on any atom is -0.494 e. The highest BCUT2D eigenvalue weighted by Gasteiger charge is 2.04. The van der Waals surface area contributed by atoms with Crippen molar-refractivity contribution in [3.63, 3.8) is 0 Å². The molecule has 0 spiro atoms. The third-order valence-corrected chi connectivity index (χ3v) is 3.50. The Morgan fingerprint density at radius 2 is 1.68 bits per heavy atom. The van der Waals surface area contributed by atoms with Crippen LogP contribution in [0.15, 0.2) is 59.1 Å². The number of benzene rings is 2. The molecule has 0 saturated heterocycles. The van der Waals surface area contributed by atoms with Crippen LogP contribution in [0.5, 0.6) is 5.75 Å². The fourth-order valence-electron chi connectivity index (χ4n) is 1.89. The summed E-state index contributed by atoms with van der Waals surface area (Å²) < 4.78 is 6.73. The number of hydrogen-bond donors (Lipinski definition) is 1. The molecule has 0 aliphatic rings. The summed E-state index contributed by atoms with van der Waals surface area (Å²) in [5.41, 5.74) is 7.32. The van der Waals surface area contributed by atoms with E-state index >= 15 is 0 Å². The average molecular weight is 320 g/mol. The van der Waals surface area contributed by atoms with Gasteiger partial charge < -0.3 is 10.5 Å². The van der Waals surface area contributed by atoms with Crippen molar-refractivity contribution in [2.45, 2.75) is 18.9 Å². The zero-order valence-corrected chi connectivity index (χ0v) is 12.3. The highest BCUT2D eigenvalue weighted by atomic mass is 79.9. The first-order valence-electron chi connectivity index (χ1n) is 6.44. The van der Waals surface area contributed by atoms with Crippen LogP contribution in [-0.2, 0) is 0 Å². The van der Waals surface area contributed by atoms with Gasteiger partial charge >= 0.3 is 0 Å². The van der Waals surface area contributed by atoms with Crippen molar-refractivity contribution >= 4 is 15.9 Å². The molecule has 100 valence electrons. The van der Waals surface area contributed by atoms with Crippen LogP contribution in [0.1, 0.15) is 24.4 Å². The molecule has 1 unspecified atom stereocenters. The lowest BCUT2D eigenvalue weighted by atomic mass is 10.0. The third kappa shape index (κ3) is 4.69. The molecule has 1 atom stereocenters. The lowest BCUT2D eigenvalue weighted by molar-refractivity contribution is 0.302. The number of rotatable bonds is 6. The molecule has 0 saturated carbocycles. The van der Waals surface area contributed by atoms with Crippen LogP contribution in [0, 0.1) is 0 Å². The molecule has 0 radical (unpaired) electrons. The number of nitrogens with two attached hydrogens (primary N) is 1. The quantitative estimate of drug-likeness (QED) is 0.805. The third-order valence-electron chi connectivity index (χ3n) is 2.97. The number of ether oxygens (including phenoxy) is 1. The predicted octanol–water partition coefficient (Wildman–Crippen LogP) is 4.31. The van der Waals surface area contributed by atoms with Gasteiger partial charge in [-0.1, -0.05) is 46.3 Å². The van der Waals surface area contributed by atoms with E-state index in [4.69, 9.17) is 10.5 Å². The van der Waals surface area contributed by atoms with Crippen LogP contribution < -0.4 is 10.5 Å². The first-order valence-corrected chi connectivity index (χ1v) is 7.24. The zero-order chi connectivity index (χ0) is 13.5. The summed E-state index contributed by atoms with van der Waals surface area (Å²) in [5.74, 6) is 0.900. The van der Waals surface area contributed by atoms with Gasteiger partial charge in [0.2, 0.25) is 0 Å². The molecule has 2 aromatic rings. The van der Waals surface area contributed by atoms with E-state index in [1.54, 1.807) is 0 Å². The van der Waals surface area contributed by atoms with E-state index in [0.717, 1.165) is 23.1 Å². The van der Waals surface area contributed by atoms with Gasteiger partial charge in [-0.05, 0) is 42.7 Å². The summed E-state index contributed by atoms with van der Waals surface area (Å²) in [7, 11) is 0. The van der Waals surface area contributed by atoms with E-state index in [0.29, 0.717) is 6.61 Å². The van der Waals surface area contributed by atoms with Crippen molar-refractivity contribution < 1.29 is 4.74 Å². The Kier molecular flexibility index (Phi) is 5.43. The Morgan fingerprint density at radius 1 is 1.00 bits per heavy atom. The minimum atomic E-state index is 0.0923. The Bertz CT molecular complexity index is 484. The highest BCUT2D eigenvalue weighted by Crippen LogP contribution is 2.18. The summed E-state index contributed by atoms with van der Waals surface area (Å²) in [6.07, 6.45) is 1.88. The Hall–Kier alpha value is -1.32. The van der Waals surface area contributed by atoms with Crippen LogP contribution in [0.2, 0.25) is 0 Å². The van der Waals surface area contributed by atoms with Gasteiger partial charge in [-0.15, -0.1) is 0 Å². The summed E-state index contributed by atoms with van der Waals surface area (Å²) in [4.78, 5) is 0. The summed E-state index contributed by atoms with van der Waals surface area (Å²) in [6, 6.07) is 18.2. The molecule has 0 aromatic heterocycles. The molecule has 0 aliphatic heterocycles. The van der Waals surface area contributed by atoms with E-state index in [2.05, 4.69) is 28.1 Å². The van der Waals surface area contributed by atoms with Crippen molar-refractivity contribution in [2.24, 2.45) is 5.73 Å². The maximum absolute atomic E-state index is 6.13. The molecule has 3 heteroatoms. The van der Waals surface area contributed by atoms with Crippen LogP contribution in [0.25, 0.3) is 0 Å². The molecule has 0 bridgehead atoms. The zero-order valence-electron chi connectivity index (χ0n) is 10.8. The van der Waals surface area contributed by atoms with Gasteiger partial charge in [-0.3, -0.25) is 0 Å². The summed E-state index contributed by atoms with van der Waals surface area (Å²) in [6.45, 7) is 0.697. The van der Waals surface area contributed by atoms with Gasteiger partial charge in [0.05, 0.1) is 6.61 Å². The van der Waals surface area contributed by atoms with Crippen molar-refractivity contribution in [2.75, 3.05) is 6.61 Å². The van der Waals surface area contributed by atoms with Crippen molar-refractivity contribution in [1.82, 2.24) is 0 Å². The lowest BCUT2D eigenvalue weighted by Crippen LogP contribution is -2.11. The second-order valence-electron chi connectivity index (χ2n) is 4.46. The van der Waals surface area contributed by atoms with Crippen LogP contribution in [-0.4, -0.2) is 6.61 Å². The Morgan fingerprint density at radius 3 is 2.37 bits per heavy atom. The molecular weight excluding hydrogens is 302 g/mol. The fourth-order valence-corrected chi connectivity index (χ4v) is 2.16. The van der Waals surface area contributed by atoms with Gasteiger partial charge in [0.25, 0.3) is 0 Å². The SMILES string of the molecule is NC(CCCOc1ccc(Br)cc1)c1ccccc1. The molecule has 19 heavy (non-hydrogen) atoms. The van der Waals surface area contributed by atoms with E-state index in [9.17, 15) is 0 Å². The van der Waals surface area contributed by atoms with E-state index < -0.39 is 0 Å². The molecule has 2 rings (SSSR count). The van der Waals surface area contributed by atoms with Gasteiger partial charge in [0.15, 0.2) is 0 Å². The van der Waals surface area contributed by atoms with Crippen molar-refractivity contribution in [3.05, 3.63) is 64.6 Å². The minimum absolute atomic E-state index is 0.0923. The number of halogens is 1. The van der Waals surface area contributed by atoms with Gasteiger partial charge in [-0.2, -0.15) is 0 Å². The molecule has 0 aliphatic carbocycles. The lowest BCUT2D eigenvalue weighted by Gasteiger charge is -2.12. The number of hydrogen-bond acceptors (Lipinski definition) is 2. The van der Waals surface area contributed by atoms with Crippen molar-refractivity contribution in [3.8, 4) is 5.75 Å². The molecule has 0 fully saturated rings. The summed E-state index contributed by atoms with van der Waals surface area (Å²) >= 11 is 3.40. The monoisotopic (exact) mass is 319 g/mol. The molecule has 0 amide bonds. The normalized spacial score (nSPS) is 12.1. The second kappa shape index (κ2) is 7.31. The molecule has 2 nitrogen and oxygen atoms in total.